The largest absolute Gasteiger partial charge is 0.348 e. The predicted molar refractivity (Wildman–Crippen MR) is 50.2 cm³/mol. The van der Waals surface area contributed by atoms with Crippen LogP contribution in [0.2, 0.25) is 0 Å². The lowest BCUT2D eigenvalue weighted by molar-refractivity contribution is -0.127. The van der Waals surface area contributed by atoms with Crippen LogP contribution in [0.3, 0.4) is 0 Å². The van der Waals surface area contributed by atoms with E-state index in [0.29, 0.717) is 0 Å². The molecule has 0 aromatic heterocycles. The van der Waals surface area contributed by atoms with Crippen LogP contribution in [0.15, 0.2) is 11.5 Å². The van der Waals surface area contributed by atoms with E-state index in [9.17, 15) is 18.0 Å². The van der Waals surface area contributed by atoms with Gasteiger partial charge in [0.25, 0.3) is 0 Å². The third-order valence-corrected chi connectivity index (χ3v) is 3.08. The van der Waals surface area contributed by atoms with Crippen molar-refractivity contribution in [3.63, 3.8) is 0 Å². The van der Waals surface area contributed by atoms with Crippen LogP contribution in [0.1, 0.15) is 13.3 Å². The van der Waals surface area contributed by atoms with Crippen LogP contribution in [0.4, 0.5) is 0 Å². The Hall–Kier alpha value is -1.17. The van der Waals surface area contributed by atoms with Crippen molar-refractivity contribution in [2.75, 3.05) is 5.75 Å². The molecule has 0 saturated heterocycles. The van der Waals surface area contributed by atoms with Crippen molar-refractivity contribution in [3.8, 4) is 0 Å². The highest BCUT2D eigenvalue weighted by Crippen LogP contribution is 2.07. The summed E-state index contributed by atoms with van der Waals surface area (Å²) in [6, 6.07) is -0.494. The first kappa shape index (κ1) is 10.9. The number of hydrogen-bond donors (Lipinski definition) is 1. The number of Topliss-reactive ketones (excluding diaryl/α,β-unsaturated/α-hetero) is 1. The van der Waals surface area contributed by atoms with Gasteiger partial charge in [0.2, 0.25) is 5.91 Å². The van der Waals surface area contributed by atoms with Crippen molar-refractivity contribution in [3.05, 3.63) is 11.5 Å². The lowest BCUT2D eigenvalue weighted by Crippen LogP contribution is -2.36. The van der Waals surface area contributed by atoms with Gasteiger partial charge in [-0.3, -0.25) is 9.59 Å². The van der Waals surface area contributed by atoms with E-state index < -0.39 is 21.8 Å². The van der Waals surface area contributed by atoms with Crippen LogP contribution in [0.25, 0.3) is 0 Å². The number of amides is 1. The SMILES string of the molecule is CC(=O)CC(=O)NC1C=CS(=O)(=O)C1. The minimum Gasteiger partial charge on any atom is -0.348 e. The first-order valence-electron chi connectivity index (χ1n) is 4.09. The maximum absolute atomic E-state index is 11.1. The molecule has 6 heteroatoms. The highest BCUT2D eigenvalue weighted by Gasteiger charge is 2.23. The molecule has 0 aromatic rings. The second kappa shape index (κ2) is 3.91. The summed E-state index contributed by atoms with van der Waals surface area (Å²) in [5.74, 6) is -0.798. The normalized spacial score (nSPS) is 23.4. The average Bonchev–Trinajstić information content (AvgIpc) is 2.27. The van der Waals surface area contributed by atoms with Gasteiger partial charge in [0, 0.05) is 5.41 Å². The van der Waals surface area contributed by atoms with E-state index in [4.69, 9.17) is 0 Å². The summed E-state index contributed by atoms with van der Waals surface area (Å²) in [5, 5.41) is 3.52. The van der Waals surface area contributed by atoms with E-state index in [2.05, 4.69) is 5.32 Å². The summed E-state index contributed by atoms with van der Waals surface area (Å²) in [6.07, 6.45) is 1.21. The van der Waals surface area contributed by atoms with Crippen LogP contribution in [-0.4, -0.2) is 31.9 Å². The van der Waals surface area contributed by atoms with Gasteiger partial charge in [0.15, 0.2) is 9.84 Å². The van der Waals surface area contributed by atoms with Crippen molar-refractivity contribution < 1.29 is 18.0 Å². The zero-order valence-corrected chi connectivity index (χ0v) is 8.50. The Labute approximate surface area is 82.1 Å². The Balaban J connectivity index is 2.45. The molecule has 0 saturated carbocycles. The number of rotatable bonds is 3. The fourth-order valence-corrected chi connectivity index (χ4v) is 2.38. The van der Waals surface area contributed by atoms with Crippen LogP contribution in [-0.2, 0) is 19.4 Å². The smallest absolute Gasteiger partial charge is 0.227 e. The summed E-state index contributed by atoms with van der Waals surface area (Å²) in [6.45, 7) is 1.31. The molecule has 0 aromatic carbocycles. The molecule has 1 atom stereocenters. The van der Waals surface area contributed by atoms with Gasteiger partial charge in [-0.25, -0.2) is 8.42 Å². The molecule has 14 heavy (non-hydrogen) atoms. The predicted octanol–water partition coefficient (Wildman–Crippen LogP) is -0.608. The highest BCUT2D eigenvalue weighted by atomic mass is 32.2. The van der Waals surface area contributed by atoms with Gasteiger partial charge in [0.1, 0.15) is 5.78 Å². The fraction of sp³-hybridized carbons (Fsp3) is 0.500. The summed E-state index contributed by atoms with van der Waals surface area (Å²) in [4.78, 5) is 21.6. The van der Waals surface area contributed by atoms with E-state index in [-0.39, 0.29) is 18.0 Å². The van der Waals surface area contributed by atoms with E-state index in [1.54, 1.807) is 0 Å². The molecule has 1 unspecified atom stereocenters. The number of sulfone groups is 1. The highest BCUT2D eigenvalue weighted by molar-refractivity contribution is 7.94. The first-order chi connectivity index (χ1) is 6.39. The van der Waals surface area contributed by atoms with Crippen LogP contribution in [0, 0.1) is 0 Å². The summed E-state index contributed by atoms with van der Waals surface area (Å²) in [7, 11) is -3.15. The first-order valence-corrected chi connectivity index (χ1v) is 5.80. The van der Waals surface area contributed by atoms with Crippen molar-refractivity contribution in [2.45, 2.75) is 19.4 Å². The standard InChI is InChI=1S/C8H11NO4S/c1-6(10)4-8(11)9-7-2-3-14(12,13)5-7/h2-3,7H,4-5H2,1H3,(H,9,11). The molecular formula is C8H11NO4S. The van der Waals surface area contributed by atoms with Crippen molar-refractivity contribution >= 4 is 21.5 Å². The molecule has 0 aliphatic carbocycles. The number of carbonyl (C=O) groups excluding carboxylic acids is 2. The van der Waals surface area contributed by atoms with Crippen LogP contribution in [0.5, 0.6) is 0 Å². The second-order valence-corrected chi connectivity index (χ2v) is 5.14. The Morgan fingerprint density at radius 1 is 1.50 bits per heavy atom. The Bertz CT molecular complexity index is 382. The lowest BCUT2D eigenvalue weighted by atomic mass is 10.2. The van der Waals surface area contributed by atoms with Gasteiger partial charge in [-0.15, -0.1) is 0 Å². The molecule has 1 N–H and O–H groups in total. The van der Waals surface area contributed by atoms with Crippen LogP contribution >= 0.6 is 0 Å². The van der Waals surface area contributed by atoms with E-state index >= 15 is 0 Å². The molecule has 0 bridgehead atoms. The van der Waals surface area contributed by atoms with Gasteiger partial charge in [-0.2, -0.15) is 0 Å². The lowest BCUT2D eigenvalue weighted by Gasteiger charge is -2.08. The van der Waals surface area contributed by atoms with Crippen molar-refractivity contribution in [1.82, 2.24) is 5.32 Å². The maximum atomic E-state index is 11.1. The molecule has 0 radical (unpaired) electrons. The summed E-state index contributed by atoms with van der Waals surface area (Å²) < 4.78 is 21.9. The fourth-order valence-electron chi connectivity index (χ4n) is 1.15. The molecule has 1 rings (SSSR count). The van der Waals surface area contributed by atoms with Gasteiger partial charge in [-0.1, -0.05) is 0 Å². The zero-order chi connectivity index (χ0) is 10.8. The van der Waals surface area contributed by atoms with Gasteiger partial charge >= 0.3 is 0 Å². The van der Waals surface area contributed by atoms with Crippen molar-refractivity contribution in [2.24, 2.45) is 0 Å². The minimum atomic E-state index is -3.15. The zero-order valence-electron chi connectivity index (χ0n) is 7.69. The number of nitrogens with one attached hydrogen (secondary N) is 1. The summed E-state index contributed by atoms with van der Waals surface area (Å²) in [5.41, 5.74) is 0. The van der Waals surface area contributed by atoms with E-state index in [1.807, 2.05) is 0 Å². The molecule has 0 spiro atoms. The molecule has 0 fully saturated rings. The number of hydrogen-bond acceptors (Lipinski definition) is 4. The molecule has 1 aliphatic heterocycles. The molecule has 1 amide bonds. The van der Waals surface area contributed by atoms with Gasteiger partial charge in [-0.05, 0) is 13.0 Å². The van der Waals surface area contributed by atoms with E-state index in [0.717, 1.165) is 5.41 Å². The van der Waals surface area contributed by atoms with E-state index in [1.165, 1.54) is 13.0 Å². The van der Waals surface area contributed by atoms with Crippen molar-refractivity contribution in [1.29, 1.82) is 0 Å². The molecule has 1 heterocycles. The van der Waals surface area contributed by atoms with Gasteiger partial charge in [0.05, 0.1) is 18.2 Å². The average molecular weight is 217 g/mol. The minimum absolute atomic E-state index is 0.114. The Morgan fingerprint density at radius 3 is 2.57 bits per heavy atom. The van der Waals surface area contributed by atoms with Gasteiger partial charge < -0.3 is 5.32 Å². The monoisotopic (exact) mass is 217 g/mol. The maximum Gasteiger partial charge on any atom is 0.227 e. The second-order valence-electron chi connectivity index (χ2n) is 3.21. The quantitative estimate of drug-likeness (QED) is 0.640. The molecule has 5 nitrogen and oxygen atoms in total. The number of carbonyl (C=O) groups is 2. The third-order valence-electron chi connectivity index (χ3n) is 1.69. The molecule has 1 aliphatic rings. The molecular weight excluding hydrogens is 206 g/mol. The third kappa shape index (κ3) is 3.29. The Morgan fingerprint density at radius 2 is 2.14 bits per heavy atom. The topological polar surface area (TPSA) is 80.3 Å². The number of ketones is 1. The van der Waals surface area contributed by atoms with Crippen LogP contribution < -0.4 is 5.32 Å². The Kier molecular flexibility index (Phi) is 3.05. The summed E-state index contributed by atoms with van der Waals surface area (Å²) >= 11 is 0. The molecule has 78 valence electrons.